The number of cyclic esters (lactones) is 1. The van der Waals surface area contributed by atoms with Gasteiger partial charge < -0.3 is 14.2 Å². The molecule has 0 radical (unpaired) electrons. The second kappa shape index (κ2) is 2.44. The molecular formula is C8H12O4. The van der Waals surface area contributed by atoms with Gasteiger partial charge in [0.2, 0.25) is 0 Å². The molecule has 0 aromatic rings. The number of carbonyl (C=O) groups is 1. The minimum atomic E-state index is -0.566. The van der Waals surface area contributed by atoms with Crippen LogP contribution in [0, 0.1) is 0 Å². The zero-order chi connectivity index (χ0) is 8.77. The molecule has 0 aliphatic carbocycles. The fourth-order valence-electron chi connectivity index (χ4n) is 1.62. The minimum absolute atomic E-state index is 0.0716. The Morgan fingerprint density at radius 3 is 2.75 bits per heavy atom. The molecule has 4 nitrogen and oxygen atoms in total. The van der Waals surface area contributed by atoms with Crippen molar-refractivity contribution in [2.24, 2.45) is 0 Å². The van der Waals surface area contributed by atoms with Gasteiger partial charge in [0.1, 0.15) is 18.8 Å². The lowest BCUT2D eigenvalue weighted by Gasteiger charge is -2.21. The highest BCUT2D eigenvalue weighted by molar-refractivity contribution is 5.71. The van der Waals surface area contributed by atoms with Crippen LogP contribution in [0.25, 0.3) is 0 Å². The second-order valence-corrected chi connectivity index (χ2v) is 3.60. The zero-order valence-corrected chi connectivity index (χ0v) is 7.20. The van der Waals surface area contributed by atoms with Crippen molar-refractivity contribution in [3.8, 4) is 0 Å². The molecule has 2 saturated heterocycles. The number of hydrogen-bond donors (Lipinski definition) is 0. The van der Waals surface area contributed by atoms with Crippen LogP contribution in [0.3, 0.4) is 0 Å². The van der Waals surface area contributed by atoms with Crippen molar-refractivity contribution < 1.29 is 19.0 Å². The lowest BCUT2D eigenvalue weighted by atomic mass is 10.1. The number of fused-ring (bicyclic) bond motifs is 1. The quantitative estimate of drug-likeness (QED) is 0.498. The highest BCUT2D eigenvalue weighted by Gasteiger charge is 2.45. The molecule has 0 spiro atoms. The van der Waals surface area contributed by atoms with Gasteiger partial charge in [-0.2, -0.15) is 0 Å². The summed E-state index contributed by atoms with van der Waals surface area (Å²) >= 11 is 0. The molecule has 12 heavy (non-hydrogen) atoms. The first-order chi connectivity index (χ1) is 5.57. The Morgan fingerprint density at radius 1 is 1.33 bits per heavy atom. The fourth-order valence-corrected chi connectivity index (χ4v) is 1.62. The molecule has 2 aliphatic rings. The molecule has 2 heterocycles. The summed E-state index contributed by atoms with van der Waals surface area (Å²) in [5, 5.41) is 0. The molecular weight excluding hydrogens is 160 g/mol. The predicted octanol–water partition coefficient (Wildman–Crippen LogP) is 0.453. The van der Waals surface area contributed by atoms with Crippen LogP contribution < -0.4 is 0 Å². The Kier molecular flexibility index (Phi) is 1.63. The van der Waals surface area contributed by atoms with E-state index in [9.17, 15) is 4.79 Å². The van der Waals surface area contributed by atoms with Crippen molar-refractivity contribution in [3.63, 3.8) is 0 Å². The van der Waals surface area contributed by atoms with Gasteiger partial charge in [0.05, 0.1) is 6.42 Å². The summed E-state index contributed by atoms with van der Waals surface area (Å²) in [7, 11) is 0. The van der Waals surface area contributed by atoms with Gasteiger partial charge >= 0.3 is 5.97 Å². The van der Waals surface area contributed by atoms with Crippen LogP contribution in [0.2, 0.25) is 0 Å². The third kappa shape index (κ3) is 1.32. The second-order valence-electron chi connectivity index (χ2n) is 3.60. The van der Waals surface area contributed by atoms with E-state index in [1.807, 2.05) is 13.8 Å². The summed E-state index contributed by atoms with van der Waals surface area (Å²) in [6, 6.07) is 0. The van der Waals surface area contributed by atoms with E-state index in [0.29, 0.717) is 13.0 Å². The van der Waals surface area contributed by atoms with E-state index in [1.165, 1.54) is 0 Å². The van der Waals surface area contributed by atoms with Crippen LogP contribution in [0.15, 0.2) is 0 Å². The van der Waals surface area contributed by atoms with Gasteiger partial charge in [-0.05, 0) is 13.8 Å². The van der Waals surface area contributed by atoms with Crippen LogP contribution in [0.4, 0.5) is 0 Å². The van der Waals surface area contributed by atoms with Crippen LogP contribution >= 0.6 is 0 Å². The average Bonchev–Trinajstić information content (AvgIpc) is 2.21. The Bertz CT molecular complexity index is 211. The third-order valence-electron chi connectivity index (χ3n) is 2.06. The minimum Gasteiger partial charge on any atom is -0.463 e. The van der Waals surface area contributed by atoms with Crippen molar-refractivity contribution in [1.82, 2.24) is 0 Å². The zero-order valence-electron chi connectivity index (χ0n) is 7.20. The molecule has 4 heteroatoms. The van der Waals surface area contributed by atoms with Gasteiger partial charge in [0.15, 0.2) is 5.79 Å². The number of ether oxygens (including phenoxy) is 3. The SMILES string of the molecule is CC1(C)OC2COC(=O)CC2O1. The smallest absolute Gasteiger partial charge is 0.308 e. The van der Waals surface area contributed by atoms with Crippen molar-refractivity contribution in [3.05, 3.63) is 0 Å². The maximum Gasteiger partial charge on any atom is 0.308 e. The summed E-state index contributed by atoms with van der Waals surface area (Å²) in [5.74, 6) is -0.763. The average molecular weight is 172 g/mol. The standard InChI is InChI=1S/C8H12O4/c1-8(2)11-5-3-7(9)10-4-6(5)12-8/h5-6H,3-4H2,1-2H3. The first-order valence-corrected chi connectivity index (χ1v) is 4.08. The van der Waals surface area contributed by atoms with Gasteiger partial charge in [-0.15, -0.1) is 0 Å². The fraction of sp³-hybridized carbons (Fsp3) is 0.875. The van der Waals surface area contributed by atoms with Crippen molar-refractivity contribution in [2.75, 3.05) is 6.61 Å². The molecule has 0 amide bonds. The van der Waals surface area contributed by atoms with E-state index in [0.717, 1.165) is 0 Å². The highest BCUT2D eigenvalue weighted by Crippen LogP contribution is 2.32. The Labute approximate surface area is 70.8 Å². The third-order valence-corrected chi connectivity index (χ3v) is 2.06. The van der Waals surface area contributed by atoms with Gasteiger partial charge in [-0.3, -0.25) is 4.79 Å². The predicted molar refractivity (Wildman–Crippen MR) is 39.4 cm³/mol. The van der Waals surface area contributed by atoms with Gasteiger partial charge in [-0.1, -0.05) is 0 Å². The molecule has 0 saturated carbocycles. The lowest BCUT2D eigenvalue weighted by molar-refractivity contribution is -0.155. The Morgan fingerprint density at radius 2 is 2.00 bits per heavy atom. The van der Waals surface area contributed by atoms with Crippen LogP contribution in [-0.2, 0) is 19.0 Å². The van der Waals surface area contributed by atoms with E-state index in [1.54, 1.807) is 0 Å². The maximum absolute atomic E-state index is 10.9. The summed E-state index contributed by atoms with van der Waals surface area (Å²) in [5.41, 5.74) is 0. The molecule has 0 aromatic carbocycles. The number of esters is 1. The first kappa shape index (κ1) is 8.01. The van der Waals surface area contributed by atoms with E-state index in [4.69, 9.17) is 14.2 Å². The van der Waals surface area contributed by atoms with Gasteiger partial charge in [0, 0.05) is 0 Å². The highest BCUT2D eigenvalue weighted by atomic mass is 16.8. The molecule has 2 unspecified atom stereocenters. The summed E-state index contributed by atoms with van der Waals surface area (Å²) in [6.45, 7) is 4.01. The monoisotopic (exact) mass is 172 g/mol. The Balaban J connectivity index is 2.07. The van der Waals surface area contributed by atoms with E-state index in [-0.39, 0.29) is 18.2 Å². The van der Waals surface area contributed by atoms with Crippen molar-refractivity contribution >= 4 is 5.97 Å². The van der Waals surface area contributed by atoms with Crippen molar-refractivity contribution in [2.45, 2.75) is 38.3 Å². The molecule has 2 fully saturated rings. The van der Waals surface area contributed by atoms with E-state index in [2.05, 4.69) is 0 Å². The normalized spacial score (nSPS) is 39.0. The molecule has 2 rings (SSSR count). The van der Waals surface area contributed by atoms with E-state index >= 15 is 0 Å². The number of rotatable bonds is 0. The largest absolute Gasteiger partial charge is 0.463 e. The molecule has 2 atom stereocenters. The maximum atomic E-state index is 10.9. The molecule has 0 bridgehead atoms. The van der Waals surface area contributed by atoms with Crippen LogP contribution in [-0.4, -0.2) is 30.6 Å². The lowest BCUT2D eigenvalue weighted by Crippen LogP contribution is -2.36. The van der Waals surface area contributed by atoms with Crippen LogP contribution in [0.5, 0.6) is 0 Å². The first-order valence-electron chi connectivity index (χ1n) is 4.08. The Hall–Kier alpha value is -0.610. The van der Waals surface area contributed by atoms with E-state index < -0.39 is 5.79 Å². The molecule has 0 aromatic heterocycles. The summed E-state index contributed by atoms with van der Waals surface area (Å²) < 4.78 is 15.8. The van der Waals surface area contributed by atoms with Crippen LogP contribution in [0.1, 0.15) is 20.3 Å². The van der Waals surface area contributed by atoms with Gasteiger partial charge in [0.25, 0.3) is 0 Å². The molecule has 2 aliphatic heterocycles. The van der Waals surface area contributed by atoms with Crippen molar-refractivity contribution in [1.29, 1.82) is 0 Å². The summed E-state index contributed by atoms with van der Waals surface area (Å²) in [4.78, 5) is 10.9. The molecule has 0 N–H and O–H groups in total. The van der Waals surface area contributed by atoms with Gasteiger partial charge in [-0.25, -0.2) is 0 Å². The number of hydrogen-bond acceptors (Lipinski definition) is 4. The number of carbonyl (C=O) groups excluding carboxylic acids is 1. The molecule has 68 valence electrons. The topological polar surface area (TPSA) is 44.8 Å². The summed E-state index contributed by atoms with van der Waals surface area (Å²) in [6.07, 6.45) is 0.132.